The maximum absolute atomic E-state index is 12.6. The Hall–Kier alpha value is -2.38. The minimum absolute atomic E-state index is 0.293. The lowest BCUT2D eigenvalue weighted by atomic mass is 10.1. The Morgan fingerprint density at radius 1 is 1.20 bits per heavy atom. The van der Waals surface area contributed by atoms with Crippen LogP contribution in [-0.2, 0) is 14.8 Å². The van der Waals surface area contributed by atoms with Gasteiger partial charge in [0.2, 0.25) is 10.0 Å². The second kappa shape index (κ2) is 10.6. The van der Waals surface area contributed by atoms with E-state index >= 15 is 0 Å². The zero-order valence-electron chi connectivity index (χ0n) is 18.2. The fourth-order valence-electron chi connectivity index (χ4n) is 2.40. The highest BCUT2D eigenvalue weighted by molar-refractivity contribution is 7.93. The van der Waals surface area contributed by atoms with E-state index in [1.165, 1.54) is 12.8 Å². The molecule has 0 radical (unpaired) electrons. The third-order valence-corrected chi connectivity index (χ3v) is 6.41. The summed E-state index contributed by atoms with van der Waals surface area (Å²) in [5, 5.41) is 2.31. The molecule has 0 atom stereocenters. The van der Waals surface area contributed by atoms with Crippen molar-refractivity contribution in [3.05, 3.63) is 65.4 Å². The maximum Gasteiger partial charge on any atom is 0.255 e. The SMILES string of the molecule is C=C(C)/C(=C\C=C(\C)COCC1CC1)NC(=O)c1ccc(NS(=O)(=O)C(C)C)cc1. The first-order chi connectivity index (χ1) is 14.1. The lowest BCUT2D eigenvalue weighted by molar-refractivity contribution is 0.0966. The summed E-state index contributed by atoms with van der Waals surface area (Å²) < 4.78 is 32.1. The quantitative estimate of drug-likeness (QED) is 0.508. The molecule has 0 heterocycles. The molecule has 0 saturated heterocycles. The number of allylic oxidation sites excluding steroid dienone is 3. The standard InChI is InChI=1S/C23H32N2O4S/c1-16(2)22(13-6-18(5)14-29-15-19-7-8-19)24-23(26)20-9-11-21(12-10-20)25-30(27,28)17(3)4/h6,9-13,17,19,25H,1,7-8,14-15H2,2-5H3,(H,24,26)/b18-6-,22-13+. The van der Waals surface area contributed by atoms with Crippen molar-refractivity contribution in [3.63, 3.8) is 0 Å². The van der Waals surface area contributed by atoms with Crippen molar-refractivity contribution in [2.75, 3.05) is 17.9 Å². The van der Waals surface area contributed by atoms with Gasteiger partial charge in [-0.05, 0) is 87.9 Å². The van der Waals surface area contributed by atoms with Gasteiger partial charge in [-0.3, -0.25) is 9.52 Å². The molecule has 0 spiro atoms. The molecule has 1 aliphatic rings. The zero-order valence-corrected chi connectivity index (χ0v) is 19.0. The van der Waals surface area contributed by atoms with Crippen LogP contribution in [0, 0.1) is 5.92 Å². The number of nitrogens with one attached hydrogen (secondary N) is 2. The highest BCUT2D eigenvalue weighted by Gasteiger charge is 2.21. The van der Waals surface area contributed by atoms with Crippen LogP contribution in [0.4, 0.5) is 5.69 Å². The van der Waals surface area contributed by atoms with Crippen molar-refractivity contribution in [2.45, 2.75) is 45.8 Å². The van der Waals surface area contributed by atoms with Crippen molar-refractivity contribution in [1.82, 2.24) is 5.32 Å². The molecular formula is C23H32N2O4S. The highest BCUT2D eigenvalue weighted by atomic mass is 32.2. The van der Waals surface area contributed by atoms with Crippen LogP contribution in [-0.4, -0.2) is 32.8 Å². The summed E-state index contributed by atoms with van der Waals surface area (Å²) in [7, 11) is -3.43. The summed E-state index contributed by atoms with van der Waals surface area (Å²) in [5.41, 5.74) is 3.24. The number of carbonyl (C=O) groups is 1. The monoisotopic (exact) mass is 432 g/mol. The van der Waals surface area contributed by atoms with Crippen molar-refractivity contribution in [1.29, 1.82) is 0 Å². The fraction of sp³-hybridized carbons (Fsp3) is 0.435. The number of sulfonamides is 1. The Bertz CT molecular complexity index is 924. The first kappa shape index (κ1) is 23.9. The second-order valence-electron chi connectivity index (χ2n) is 8.06. The minimum Gasteiger partial charge on any atom is -0.377 e. The number of amides is 1. The number of anilines is 1. The van der Waals surface area contributed by atoms with Crippen LogP contribution in [0.15, 0.2) is 59.8 Å². The van der Waals surface area contributed by atoms with Gasteiger partial charge in [0.1, 0.15) is 0 Å². The third kappa shape index (κ3) is 7.80. The molecule has 0 aliphatic heterocycles. The van der Waals surface area contributed by atoms with Crippen LogP contribution >= 0.6 is 0 Å². The molecule has 164 valence electrons. The average molecular weight is 433 g/mol. The van der Waals surface area contributed by atoms with Gasteiger partial charge in [0.15, 0.2) is 0 Å². The van der Waals surface area contributed by atoms with E-state index in [2.05, 4.69) is 16.6 Å². The maximum atomic E-state index is 12.6. The summed E-state index contributed by atoms with van der Waals surface area (Å²) in [6, 6.07) is 6.30. The summed E-state index contributed by atoms with van der Waals surface area (Å²) in [4.78, 5) is 12.6. The molecule has 0 bridgehead atoms. The van der Waals surface area contributed by atoms with E-state index in [-0.39, 0.29) is 5.91 Å². The van der Waals surface area contributed by atoms with E-state index in [0.29, 0.717) is 23.6 Å². The van der Waals surface area contributed by atoms with Crippen LogP contribution in [0.25, 0.3) is 0 Å². The number of hydrogen-bond donors (Lipinski definition) is 2. The summed E-state index contributed by atoms with van der Waals surface area (Å²) >= 11 is 0. The van der Waals surface area contributed by atoms with Gasteiger partial charge in [-0.1, -0.05) is 12.7 Å². The Balaban J connectivity index is 1.99. The lowest BCUT2D eigenvalue weighted by Crippen LogP contribution is -2.24. The van der Waals surface area contributed by atoms with E-state index < -0.39 is 15.3 Å². The molecule has 6 nitrogen and oxygen atoms in total. The number of benzene rings is 1. The van der Waals surface area contributed by atoms with Gasteiger partial charge in [0, 0.05) is 23.6 Å². The summed E-state index contributed by atoms with van der Waals surface area (Å²) in [6.07, 6.45) is 6.26. The van der Waals surface area contributed by atoms with Gasteiger partial charge in [-0.25, -0.2) is 8.42 Å². The second-order valence-corrected chi connectivity index (χ2v) is 10.3. The Morgan fingerprint density at radius 3 is 2.37 bits per heavy atom. The molecule has 0 aromatic heterocycles. The molecule has 1 aromatic rings. The minimum atomic E-state index is -3.43. The molecule has 1 saturated carbocycles. The average Bonchev–Trinajstić information content (AvgIpc) is 3.49. The molecule has 1 amide bonds. The van der Waals surface area contributed by atoms with Gasteiger partial charge in [-0.2, -0.15) is 0 Å². The number of carbonyl (C=O) groups excluding carboxylic acids is 1. The number of hydrogen-bond acceptors (Lipinski definition) is 4. The summed E-state index contributed by atoms with van der Waals surface area (Å²) in [6.45, 7) is 12.3. The fourth-order valence-corrected chi connectivity index (χ4v) is 3.10. The first-order valence-corrected chi connectivity index (χ1v) is 11.7. The molecule has 1 fully saturated rings. The largest absolute Gasteiger partial charge is 0.377 e. The van der Waals surface area contributed by atoms with Crippen LogP contribution in [0.5, 0.6) is 0 Å². The van der Waals surface area contributed by atoms with Crippen molar-refractivity contribution in [2.24, 2.45) is 5.92 Å². The van der Waals surface area contributed by atoms with Crippen molar-refractivity contribution in [3.8, 4) is 0 Å². The normalized spacial score (nSPS) is 15.2. The lowest BCUT2D eigenvalue weighted by Gasteiger charge is -2.12. The molecule has 1 aromatic carbocycles. The Kier molecular flexibility index (Phi) is 8.43. The first-order valence-electron chi connectivity index (χ1n) is 10.1. The van der Waals surface area contributed by atoms with Crippen LogP contribution in [0.1, 0.15) is 50.9 Å². The van der Waals surface area contributed by atoms with Crippen molar-refractivity contribution >= 4 is 21.6 Å². The van der Waals surface area contributed by atoms with E-state index in [4.69, 9.17) is 4.74 Å². The zero-order chi connectivity index (χ0) is 22.3. The smallest absolute Gasteiger partial charge is 0.255 e. The van der Waals surface area contributed by atoms with Gasteiger partial charge < -0.3 is 10.1 Å². The van der Waals surface area contributed by atoms with Crippen LogP contribution in [0.2, 0.25) is 0 Å². The van der Waals surface area contributed by atoms with E-state index in [0.717, 1.165) is 23.7 Å². The predicted octanol–water partition coefficient (Wildman–Crippen LogP) is 4.40. The van der Waals surface area contributed by atoms with Gasteiger partial charge in [-0.15, -0.1) is 0 Å². The van der Waals surface area contributed by atoms with E-state index in [1.54, 1.807) is 38.1 Å². The summed E-state index contributed by atoms with van der Waals surface area (Å²) in [5.74, 6) is 0.434. The molecular weight excluding hydrogens is 400 g/mol. The number of rotatable bonds is 11. The molecule has 2 N–H and O–H groups in total. The van der Waals surface area contributed by atoms with Crippen LogP contribution < -0.4 is 10.0 Å². The van der Waals surface area contributed by atoms with Crippen molar-refractivity contribution < 1.29 is 17.9 Å². The van der Waals surface area contributed by atoms with E-state index in [9.17, 15) is 13.2 Å². The van der Waals surface area contributed by atoms with Crippen LogP contribution in [0.3, 0.4) is 0 Å². The predicted molar refractivity (Wildman–Crippen MR) is 122 cm³/mol. The third-order valence-electron chi connectivity index (χ3n) is 4.65. The topological polar surface area (TPSA) is 84.5 Å². The molecule has 0 unspecified atom stereocenters. The molecule has 2 rings (SSSR count). The van der Waals surface area contributed by atoms with Gasteiger partial charge >= 0.3 is 0 Å². The Labute approximate surface area is 180 Å². The molecule has 1 aliphatic carbocycles. The molecule has 30 heavy (non-hydrogen) atoms. The highest BCUT2D eigenvalue weighted by Crippen LogP contribution is 2.28. The van der Waals surface area contributed by atoms with Gasteiger partial charge in [0.05, 0.1) is 11.9 Å². The number of ether oxygens (including phenoxy) is 1. The van der Waals surface area contributed by atoms with Gasteiger partial charge in [0.25, 0.3) is 5.91 Å². The Morgan fingerprint density at radius 2 is 1.83 bits per heavy atom. The molecule has 7 heteroatoms. The van der Waals surface area contributed by atoms with E-state index in [1.807, 2.05) is 26.0 Å².